The Hall–Kier alpha value is -2.28. The predicted molar refractivity (Wildman–Crippen MR) is 61.9 cm³/mol. The van der Waals surface area contributed by atoms with Crippen molar-refractivity contribution >= 4 is 5.82 Å². The number of hydrogen-bond acceptors (Lipinski definition) is 3. The largest absolute Gasteiger partial charge is 0.277 e. The van der Waals surface area contributed by atoms with Gasteiger partial charge in [0.25, 0.3) is 0 Å². The molecule has 0 spiro atoms. The Morgan fingerprint density at radius 1 is 1.31 bits per heavy atom. The van der Waals surface area contributed by atoms with E-state index in [2.05, 4.69) is 16.5 Å². The summed E-state index contributed by atoms with van der Waals surface area (Å²) in [5.41, 5.74) is 5.48. The van der Waals surface area contributed by atoms with Gasteiger partial charge in [-0.3, -0.25) is 10.1 Å². The summed E-state index contributed by atoms with van der Waals surface area (Å²) in [6.45, 7) is 3.82. The molecule has 0 unspecified atom stereocenters. The van der Waals surface area contributed by atoms with E-state index < -0.39 is 0 Å². The second-order valence-corrected chi connectivity index (χ2v) is 3.62. The van der Waals surface area contributed by atoms with Crippen molar-refractivity contribution in [3.05, 3.63) is 47.4 Å². The molecule has 0 radical (unpaired) electrons. The van der Waals surface area contributed by atoms with Gasteiger partial charge < -0.3 is 0 Å². The number of nitrogens with zero attached hydrogens (tertiary/aromatic N) is 3. The fourth-order valence-corrected chi connectivity index (χ4v) is 1.59. The van der Waals surface area contributed by atoms with Gasteiger partial charge in [0, 0.05) is 18.1 Å². The summed E-state index contributed by atoms with van der Waals surface area (Å²) >= 11 is 0. The van der Waals surface area contributed by atoms with Crippen LogP contribution in [0.15, 0.2) is 30.6 Å². The Labute approximate surface area is 94.1 Å². The van der Waals surface area contributed by atoms with Crippen molar-refractivity contribution in [1.29, 1.82) is 5.26 Å². The van der Waals surface area contributed by atoms with Gasteiger partial charge >= 0.3 is 0 Å². The fraction of sp³-hybridized carbons (Fsp3) is 0.167. The summed E-state index contributed by atoms with van der Waals surface area (Å²) in [5.74, 6) is 0.594. The van der Waals surface area contributed by atoms with Crippen molar-refractivity contribution in [3.63, 3.8) is 0 Å². The molecule has 16 heavy (non-hydrogen) atoms. The third-order valence-electron chi connectivity index (χ3n) is 2.30. The van der Waals surface area contributed by atoms with E-state index in [9.17, 15) is 0 Å². The van der Waals surface area contributed by atoms with Gasteiger partial charge in [-0.15, -0.1) is 0 Å². The van der Waals surface area contributed by atoms with Crippen LogP contribution in [0.4, 0.5) is 5.82 Å². The van der Waals surface area contributed by atoms with E-state index in [-0.39, 0.29) is 0 Å². The molecular weight excluding hydrogens is 200 g/mol. The van der Waals surface area contributed by atoms with Crippen molar-refractivity contribution in [2.24, 2.45) is 0 Å². The van der Waals surface area contributed by atoms with Crippen LogP contribution in [0.3, 0.4) is 0 Å². The van der Waals surface area contributed by atoms with E-state index in [1.165, 1.54) is 0 Å². The van der Waals surface area contributed by atoms with Crippen LogP contribution in [-0.2, 0) is 0 Å². The van der Waals surface area contributed by atoms with Gasteiger partial charge in [-0.25, -0.2) is 4.98 Å². The fourth-order valence-electron chi connectivity index (χ4n) is 1.59. The van der Waals surface area contributed by atoms with Crippen molar-refractivity contribution < 1.29 is 0 Å². The minimum Gasteiger partial charge on any atom is -0.277 e. The van der Waals surface area contributed by atoms with E-state index >= 15 is 0 Å². The molecule has 1 N–H and O–H groups in total. The topological polar surface area (TPSA) is 53.6 Å². The summed E-state index contributed by atoms with van der Waals surface area (Å²) in [5, 5.41) is 9.08. The Morgan fingerprint density at radius 3 is 2.62 bits per heavy atom. The molecule has 0 bridgehead atoms. The molecule has 2 aromatic heterocycles. The molecule has 0 aromatic carbocycles. The first-order chi connectivity index (χ1) is 7.70. The highest BCUT2D eigenvalue weighted by Gasteiger charge is 2.07. The Kier molecular flexibility index (Phi) is 2.61. The first kappa shape index (κ1) is 10.2. The van der Waals surface area contributed by atoms with Gasteiger partial charge in [-0.1, -0.05) is 0 Å². The lowest BCUT2D eigenvalue weighted by atomic mass is 10.1. The van der Waals surface area contributed by atoms with E-state index in [1.807, 2.05) is 44.4 Å². The molecule has 2 rings (SSSR count). The number of pyridine rings is 1. The van der Waals surface area contributed by atoms with Crippen LogP contribution in [0, 0.1) is 25.2 Å². The third kappa shape index (κ3) is 1.89. The first-order valence-electron chi connectivity index (χ1n) is 4.99. The quantitative estimate of drug-likeness (QED) is 0.830. The van der Waals surface area contributed by atoms with E-state index in [4.69, 9.17) is 5.26 Å². The summed E-state index contributed by atoms with van der Waals surface area (Å²) < 4.78 is 1.77. The Balaban J connectivity index is 2.44. The zero-order valence-corrected chi connectivity index (χ0v) is 9.23. The minimum atomic E-state index is 0.583. The number of aryl methyl sites for hydroxylation is 2. The van der Waals surface area contributed by atoms with Crippen LogP contribution in [0.1, 0.15) is 16.8 Å². The minimum absolute atomic E-state index is 0.583. The zero-order chi connectivity index (χ0) is 11.5. The van der Waals surface area contributed by atoms with E-state index in [0.29, 0.717) is 11.4 Å². The monoisotopic (exact) mass is 212 g/mol. The summed E-state index contributed by atoms with van der Waals surface area (Å²) in [4.78, 5) is 4.33. The average molecular weight is 212 g/mol. The highest BCUT2D eigenvalue weighted by molar-refractivity contribution is 5.56. The molecule has 0 aliphatic rings. The average Bonchev–Trinajstić information content (AvgIpc) is 2.70. The zero-order valence-electron chi connectivity index (χ0n) is 9.23. The Morgan fingerprint density at radius 2 is 2.00 bits per heavy atom. The predicted octanol–water partition coefficient (Wildman–Crippen LogP) is 2.25. The number of hydrogen-bond donors (Lipinski definition) is 1. The Bertz CT molecular complexity index is 535. The summed E-state index contributed by atoms with van der Waals surface area (Å²) in [7, 11) is 0. The van der Waals surface area contributed by atoms with Crippen LogP contribution >= 0.6 is 0 Å². The highest BCUT2D eigenvalue weighted by Crippen LogP contribution is 2.17. The van der Waals surface area contributed by atoms with Crippen molar-refractivity contribution in [2.45, 2.75) is 13.8 Å². The maximum absolute atomic E-state index is 9.08. The normalized spacial score (nSPS) is 9.81. The van der Waals surface area contributed by atoms with Crippen molar-refractivity contribution in [2.75, 3.05) is 5.43 Å². The first-order valence-corrected chi connectivity index (χ1v) is 4.99. The molecule has 0 aliphatic heterocycles. The van der Waals surface area contributed by atoms with Gasteiger partial charge in [0.2, 0.25) is 0 Å². The molecule has 0 saturated carbocycles. The van der Waals surface area contributed by atoms with Gasteiger partial charge in [0.15, 0.2) is 5.82 Å². The van der Waals surface area contributed by atoms with Gasteiger partial charge in [-0.2, -0.15) is 5.26 Å². The van der Waals surface area contributed by atoms with E-state index in [1.54, 1.807) is 4.68 Å². The highest BCUT2D eigenvalue weighted by atomic mass is 15.4. The SMILES string of the molecule is Cc1cc(C)c(C#N)c(Nn2cccc2)n1. The lowest BCUT2D eigenvalue weighted by molar-refractivity contribution is 0.943. The van der Waals surface area contributed by atoms with Gasteiger partial charge in [-0.05, 0) is 37.6 Å². The summed E-state index contributed by atoms with van der Waals surface area (Å²) in [6, 6.07) is 7.88. The maximum atomic E-state index is 9.08. The van der Waals surface area contributed by atoms with Crippen LogP contribution in [0.25, 0.3) is 0 Å². The number of aromatic nitrogens is 2. The number of anilines is 1. The van der Waals surface area contributed by atoms with E-state index in [0.717, 1.165) is 11.3 Å². The van der Waals surface area contributed by atoms with Gasteiger partial charge in [0.1, 0.15) is 6.07 Å². The number of nitrogens with one attached hydrogen (secondary N) is 1. The van der Waals surface area contributed by atoms with Crippen molar-refractivity contribution in [3.8, 4) is 6.07 Å². The molecule has 0 aliphatic carbocycles. The molecule has 80 valence electrons. The van der Waals surface area contributed by atoms with Crippen LogP contribution in [0.5, 0.6) is 0 Å². The molecule has 2 heterocycles. The van der Waals surface area contributed by atoms with Gasteiger partial charge in [0.05, 0.1) is 5.56 Å². The maximum Gasteiger partial charge on any atom is 0.163 e. The molecule has 4 nitrogen and oxygen atoms in total. The summed E-state index contributed by atoms with van der Waals surface area (Å²) in [6.07, 6.45) is 3.72. The molecular formula is C12H12N4. The lowest BCUT2D eigenvalue weighted by Gasteiger charge is -2.10. The van der Waals surface area contributed by atoms with Crippen LogP contribution in [0.2, 0.25) is 0 Å². The molecule has 0 saturated heterocycles. The standard InChI is InChI=1S/C12H12N4/c1-9-7-10(2)14-12(11(9)8-13)15-16-5-3-4-6-16/h3-7H,1-2H3,(H,14,15). The van der Waals surface area contributed by atoms with Crippen LogP contribution in [-0.4, -0.2) is 9.66 Å². The second kappa shape index (κ2) is 4.07. The molecule has 0 atom stereocenters. The van der Waals surface area contributed by atoms with Crippen molar-refractivity contribution in [1.82, 2.24) is 9.66 Å². The molecule has 0 fully saturated rings. The molecule has 4 heteroatoms. The molecule has 0 amide bonds. The van der Waals surface area contributed by atoms with Crippen LogP contribution < -0.4 is 5.43 Å². The lowest BCUT2D eigenvalue weighted by Crippen LogP contribution is -2.10. The smallest absolute Gasteiger partial charge is 0.163 e. The third-order valence-corrected chi connectivity index (χ3v) is 2.30. The number of rotatable bonds is 2. The number of nitriles is 1. The second-order valence-electron chi connectivity index (χ2n) is 3.62. The molecule has 2 aromatic rings.